The molecule has 0 saturated heterocycles. The minimum absolute atomic E-state index is 0.00500. The molecule has 2 heterocycles. The minimum atomic E-state index is 0.00500. The van der Waals surface area contributed by atoms with Crippen molar-refractivity contribution in [1.29, 1.82) is 0 Å². The van der Waals surface area contributed by atoms with E-state index in [1.165, 1.54) is 0 Å². The number of rotatable bonds is 5. The van der Waals surface area contributed by atoms with Crippen molar-refractivity contribution < 1.29 is 9.59 Å². The fourth-order valence-electron chi connectivity index (χ4n) is 2.77. The number of hydrogen-bond acceptors (Lipinski definition) is 2. The van der Waals surface area contributed by atoms with Gasteiger partial charge >= 0.3 is 6.03 Å². The Morgan fingerprint density at radius 1 is 1.45 bits per heavy atom. The molecule has 0 aromatic carbocycles. The molecule has 1 aliphatic heterocycles. The first-order valence-corrected chi connectivity index (χ1v) is 7.41. The van der Waals surface area contributed by atoms with Crippen LogP contribution in [0.2, 0.25) is 0 Å². The van der Waals surface area contributed by atoms with E-state index in [1.54, 1.807) is 0 Å². The molecule has 0 spiro atoms. The first-order valence-electron chi connectivity index (χ1n) is 7.41. The summed E-state index contributed by atoms with van der Waals surface area (Å²) in [5, 5.41) is 2.98. The van der Waals surface area contributed by atoms with Gasteiger partial charge in [-0.3, -0.25) is 4.79 Å². The third-order valence-electron chi connectivity index (χ3n) is 3.84. The van der Waals surface area contributed by atoms with Crippen LogP contribution in [-0.4, -0.2) is 34.9 Å². The van der Waals surface area contributed by atoms with Crippen LogP contribution in [0.3, 0.4) is 0 Å². The molecule has 1 aliphatic rings. The molecule has 0 aliphatic carbocycles. The molecule has 5 nitrogen and oxygen atoms in total. The molecule has 1 N–H and O–H groups in total. The quantitative estimate of drug-likeness (QED) is 0.664. The van der Waals surface area contributed by atoms with E-state index in [9.17, 15) is 9.59 Å². The van der Waals surface area contributed by atoms with Crippen LogP contribution >= 0.6 is 0 Å². The monoisotopic (exact) mass is 277 g/mol. The third kappa shape index (κ3) is 2.86. The second-order valence-corrected chi connectivity index (χ2v) is 5.21. The van der Waals surface area contributed by atoms with Crippen molar-refractivity contribution in [1.82, 2.24) is 14.8 Å². The van der Waals surface area contributed by atoms with Crippen molar-refractivity contribution in [3.63, 3.8) is 0 Å². The Morgan fingerprint density at radius 2 is 2.25 bits per heavy atom. The molecule has 1 unspecified atom stereocenters. The van der Waals surface area contributed by atoms with Crippen LogP contribution in [-0.2, 0) is 6.54 Å². The van der Waals surface area contributed by atoms with Gasteiger partial charge in [-0.1, -0.05) is 20.3 Å². The summed E-state index contributed by atoms with van der Waals surface area (Å²) in [4.78, 5) is 25.1. The number of hydrogen-bond donors (Lipinski definition) is 1. The van der Waals surface area contributed by atoms with E-state index in [4.69, 9.17) is 0 Å². The Morgan fingerprint density at radius 3 is 2.90 bits per heavy atom. The number of amides is 2. The topological polar surface area (TPSA) is 54.3 Å². The molecule has 1 atom stereocenters. The Kier molecular flexibility index (Phi) is 4.82. The van der Waals surface area contributed by atoms with Gasteiger partial charge in [-0.15, -0.1) is 0 Å². The highest BCUT2D eigenvalue weighted by molar-refractivity contribution is 5.76. The average molecular weight is 277 g/mol. The van der Waals surface area contributed by atoms with E-state index in [2.05, 4.69) is 23.7 Å². The van der Waals surface area contributed by atoms with Gasteiger partial charge in [0.1, 0.15) is 0 Å². The van der Waals surface area contributed by atoms with Crippen LogP contribution in [0.15, 0.2) is 12.3 Å². The molecule has 0 radical (unpaired) electrons. The van der Waals surface area contributed by atoms with E-state index < -0.39 is 0 Å². The smallest absolute Gasteiger partial charge is 0.318 e. The summed E-state index contributed by atoms with van der Waals surface area (Å²) in [7, 11) is 0. The highest BCUT2D eigenvalue weighted by Crippen LogP contribution is 2.29. The van der Waals surface area contributed by atoms with Gasteiger partial charge < -0.3 is 14.8 Å². The van der Waals surface area contributed by atoms with Crippen molar-refractivity contribution in [3.05, 3.63) is 23.5 Å². The lowest BCUT2D eigenvalue weighted by Crippen LogP contribution is -2.46. The Hall–Kier alpha value is -1.78. The molecule has 0 fully saturated rings. The molecule has 0 saturated carbocycles. The summed E-state index contributed by atoms with van der Waals surface area (Å²) in [5.41, 5.74) is 1.75. The zero-order valence-electron chi connectivity index (χ0n) is 12.3. The standard InChI is InChI=1S/C15H23N3O2/c1-3-5-6-16-15(20)18-8-7-17-10-12(11-19)9-14(17)13(18)4-2/h9-11,13H,3-8H2,1-2H3,(H,16,20). The van der Waals surface area contributed by atoms with Crippen LogP contribution in [0.25, 0.3) is 0 Å². The summed E-state index contributed by atoms with van der Waals surface area (Å²) in [6, 6.07) is 1.96. The van der Waals surface area contributed by atoms with E-state index in [0.717, 1.165) is 44.3 Å². The maximum atomic E-state index is 12.3. The van der Waals surface area contributed by atoms with E-state index in [-0.39, 0.29) is 12.1 Å². The average Bonchev–Trinajstić information content (AvgIpc) is 2.89. The van der Waals surface area contributed by atoms with Gasteiger partial charge in [0, 0.05) is 37.1 Å². The van der Waals surface area contributed by atoms with Crippen molar-refractivity contribution in [2.24, 2.45) is 0 Å². The molecule has 1 aromatic heterocycles. The number of fused-ring (bicyclic) bond motifs is 1. The zero-order valence-corrected chi connectivity index (χ0v) is 12.3. The van der Waals surface area contributed by atoms with Crippen molar-refractivity contribution in [2.75, 3.05) is 13.1 Å². The van der Waals surface area contributed by atoms with Crippen LogP contribution in [0.5, 0.6) is 0 Å². The lowest BCUT2D eigenvalue weighted by molar-refractivity contribution is 0.112. The number of unbranched alkanes of at least 4 members (excludes halogenated alkanes) is 1. The molecular formula is C15H23N3O2. The fraction of sp³-hybridized carbons (Fsp3) is 0.600. The van der Waals surface area contributed by atoms with E-state index in [1.807, 2.05) is 17.2 Å². The number of nitrogens with one attached hydrogen (secondary N) is 1. The van der Waals surface area contributed by atoms with Gasteiger partial charge in [0.25, 0.3) is 0 Å². The van der Waals surface area contributed by atoms with Gasteiger partial charge in [0.05, 0.1) is 6.04 Å². The Balaban J connectivity index is 2.12. The van der Waals surface area contributed by atoms with Crippen LogP contribution in [0.4, 0.5) is 4.79 Å². The van der Waals surface area contributed by atoms with Gasteiger partial charge in [-0.2, -0.15) is 0 Å². The molecule has 110 valence electrons. The largest absolute Gasteiger partial charge is 0.347 e. The maximum Gasteiger partial charge on any atom is 0.318 e. The fourth-order valence-corrected chi connectivity index (χ4v) is 2.77. The van der Waals surface area contributed by atoms with Crippen LogP contribution in [0, 0.1) is 0 Å². The number of aldehydes is 1. The van der Waals surface area contributed by atoms with Gasteiger partial charge in [-0.05, 0) is 18.9 Å². The molecule has 5 heteroatoms. The molecule has 20 heavy (non-hydrogen) atoms. The summed E-state index contributed by atoms with van der Waals surface area (Å²) >= 11 is 0. The van der Waals surface area contributed by atoms with Gasteiger partial charge in [0.2, 0.25) is 0 Å². The van der Waals surface area contributed by atoms with Gasteiger partial charge in [0.15, 0.2) is 6.29 Å². The van der Waals surface area contributed by atoms with Crippen LogP contribution < -0.4 is 5.32 Å². The second kappa shape index (κ2) is 6.59. The molecule has 0 bridgehead atoms. The predicted octanol–water partition coefficient (Wildman–Crippen LogP) is 2.58. The lowest BCUT2D eigenvalue weighted by Gasteiger charge is -2.36. The normalized spacial score (nSPS) is 17.7. The predicted molar refractivity (Wildman–Crippen MR) is 77.9 cm³/mol. The first-order chi connectivity index (χ1) is 9.71. The maximum absolute atomic E-state index is 12.3. The SMILES string of the molecule is CCCCNC(=O)N1CCn2cc(C=O)cc2C1CC. The molecular weight excluding hydrogens is 254 g/mol. The minimum Gasteiger partial charge on any atom is -0.347 e. The lowest BCUT2D eigenvalue weighted by atomic mass is 10.1. The highest BCUT2D eigenvalue weighted by atomic mass is 16.2. The highest BCUT2D eigenvalue weighted by Gasteiger charge is 2.30. The summed E-state index contributed by atoms with van der Waals surface area (Å²) in [6.45, 7) is 6.34. The van der Waals surface area contributed by atoms with E-state index in [0.29, 0.717) is 12.1 Å². The van der Waals surface area contributed by atoms with E-state index >= 15 is 0 Å². The summed E-state index contributed by atoms with van der Waals surface area (Å²) in [6.07, 6.45) is 5.66. The number of carbonyl (C=O) groups is 2. The number of urea groups is 1. The van der Waals surface area contributed by atoms with Crippen molar-refractivity contribution in [3.8, 4) is 0 Å². The number of nitrogens with zero attached hydrogens (tertiary/aromatic N) is 2. The molecule has 2 rings (SSSR count). The number of carbonyl (C=O) groups excluding carboxylic acids is 2. The van der Waals surface area contributed by atoms with Crippen molar-refractivity contribution >= 4 is 12.3 Å². The van der Waals surface area contributed by atoms with Crippen LogP contribution in [0.1, 0.15) is 55.2 Å². The Labute approximate surface area is 119 Å². The van der Waals surface area contributed by atoms with Gasteiger partial charge in [-0.25, -0.2) is 4.79 Å². The third-order valence-corrected chi connectivity index (χ3v) is 3.84. The summed E-state index contributed by atoms with van der Waals surface area (Å²) in [5.74, 6) is 0. The molecule has 1 aromatic rings. The Bertz CT molecular complexity index is 481. The summed E-state index contributed by atoms with van der Waals surface area (Å²) < 4.78 is 2.09. The van der Waals surface area contributed by atoms with Crippen molar-refractivity contribution in [2.45, 2.75) is 45.7 Å². The second-order valence-electron chi connectivity index (χ2n) is 5.21. The molecule has 2 amide bonds. The zero-order chi connectivity index (χ0) is 14.5. The first kappa shape index (κ1) is 14.6. The number of aromatic nitrogens is 1.